The van der Waals surface area contributed by atoms with Crippen LogP contribution in [0.25, 0.3) is 10.9 Å². The molecular formula is C27H31N5O5. The van der Waals surface area contributed by atoms with Gasteiger partial charge in [0, 0.05) is 12.1 Å². The fourth-order valence-electron chi connectivity index (χ4n) is 5.36. The van der Waals surface area contributed by atoms with Gasteiger partial charge in [0.1, 0.15) is 12.2 Å². The van der Waals surface area contributed by atoms with Crippen LogP contribution in [0.2, 0.25) is 0 Å². The molecule has 5 rings (SSSR count). The molecule has 0 bridgehead atoms. The molecule has 2 aromatic carbocycles. The Hall–Kier alpha value is -3.60. The predicted molar refractivity (Wildman–Crippen MR) is 137 cm³/mol. The first kappa shape index (κ1) is 25.1. The van der Waals surface area contributed by atoms with E-state index >= 15 is 0 Å². The summed E-state index contributed by atoms with van der Waals surface area (Å²) in [5.74, 6) is -0.890. The molecule has 3 aromatic rings. The van der Waals surface area contributed by atoms with Gasteiger partial charge < -0.3 is 15.5 Å². The van der Waals surface area contributed by atoms with Crippen LogP contribution in [0.5, 0.6) is 0 Å². The topological polar surface area (TPSA) is 137 Å². The number of nitrogens with one attached hydrogen (secondary N) is 2. The molecule has 0 spiro atoms. The highest BCUT2D eigenvalue weighted by molar-refractivity contribution is 6.00. The Bertz CT molecular complexity index is 1430. The minimum absolute atomic E-state index is 0.0213. The molecule has 2 amide bonds. The van der Waals surface area contributed by atoms with Crippen molar-refractivity contribution >= 4 is 28.4 Å². The van der Waals surface area contributed by atoms with Gasteiger partial charge in [0.05, 0.1) is 22.5 Å². The summed E-state index contributed by atoms with van der Waals surface area (Å²) in [6.45, 7) is 6.72. The number of carbonyl (C=O) groups is 2. The summed E-state index contributed by atoms with van der Waals surface area (Å²) < 4.78 is 1.17. The SMILES string of the molecule is CC(C)[C@@H]1N[C@@H]([C@@](C)(O)C[C@@H]2C(=O)N[C@@](C)(O)c3nc4ccccc4c(=O)n32)N(c2ccccc2)C1=O. The highest BCUT2D eigenvalue weighted by atomic mass is 16.3. The largest absolute Gasteiger partial charge is 0.386 e. The molecule has 2 aliphatic rings. The van der Waals surface area contributed by atoms with Crippen molar-refractivity contribution in [1.82, 2.24) is 20.2 Å². The van der Waals surface area contributed by atoms with Crippen LogP contribution in [0, 0.1) is 5.92 Å². The van der Waals surface area contributed by atoms with Crippen LogP contribution in [-0.2, 0) is 15.3 Å². The molecule has 5 atom stereocenters. The number of nitrogens with zero attached hydrogens (tertiary/aromatic N) is 3. The number of amides is 2. The van der Waals surface area contributed by atoms with E-state index in [-0.39, 0.29) is 24.1 Å². The fourth-order valence-corrected chi connectivity index (χ4v) is 5.36. The zero-order valence-corrected chi connectivity index (χ0v) is 21.2. The van der Waals surface area contributed by atoms with Crippen molar-refractivity contribution < 1.29 is 19.8 Å². The molecule has 1 aromatic heterocycles. The van der Waals surface area contributed by atoms with Crippen molar-refractivity contribution in [2.75, 3.05) is 4.90 Å². The summed E-state index contributed by atoms with van der Waals surface area (Å²) in [6.07, 6.45) is -1.10. The highest BCUT2D eigenvalue weighted by Crippen LogP contribution is 2.36. The third kappa shape index (κ3) is 4.11. The molecule has 1 saturated heterocycles. The number of hydrogen-bond donors (Lipinski definition) is 4. The lowest BCUT2D eigenvalue weighted by atomic mass is 9.90. The third-order valence-corrected chi connectivity index (χ3v) is 7.22. The van der Waals surface area contributed by atoms with E-state index in [0.29, 0.717) is 16.6 Å². The van der Waals surface area contributed by atoms with Crippen molar-refractivity contribution in [3.05, 3.63) is 70.8 Å². The van der Waals surface area contributed by atoms with Gasteiger partial charge in [-0.05, 0) is 44.0 Å². The van der Waals surface area contributed by atoms with Crippen LogP contribution in [0.3, 0.4) is 0 Å². The maximum atomic E-state index is 13.6. The summed E-state index contributed by atoms with van der Waals surface area (Å²) in [6, 6.07) is 14.0. The maximum absolute atomic E-state index is 13.6. The van der Waals surface area contributed by atoms with E-state index in [1.165, 1.54) is 23.3 Å². The second kappa shape index (κ2) is 8.76. The quantitative estimate of drug-likeness (QED) is 0.411. The number of carbonyl (C=O) groups excluding carboxylic acids is 2. The third-order valence-electron chi connectivity index (χ3n) is 7.22. The van der Waals surface area contributed by atoms with E-state index in [1.807, 2.05) is 19.9 Å². The lowest BCUT2D eigenvalue weighted by Crippen LogP contribution is -2.60. The Morgan fingerprint density at radius 1 is 1.08 bits per heavy atom. The van der Waals surface area contributed by atoms with Gasteiger partial charge in [0.15, 0.2) is 11.5 Å². The second-order valence-corrected chi connectivity index (χ2v) is 10.6. The first-order chi connectivity index (χ1) is 17.4. The molecule has 0 radical (unpaired) electrons. The molecule has 3 heterocycles. The Morgan fingerprint density at radius 2 is 1.73 bits per heavy atom. The molecule has 10 nitrogen and oxygen atoms in total. The van der Waals surface area contributed by atoms with Gasteiger partial charge in [-0.15, -0.1) is 0 Å². The molecular weight excluding hydrogens is 474 g/mol. The van der Waals surface area contributed by atoms with Gasteiger partial charge in [-0.2, -0.15) is 0 Å². The lowest BCUT2D eigenvalue weighted by Gasteiger charge is -2.41. The summed E-state index contributed by atoms with van der Waals surface area (Å²) in [4.78, 5) is 46.3. The van der Waals surface area contributed by atoms with Crippen molar-refractivity contribution in [3.8, 4) is 0 Å². The molecule has 194 valence electrons. The summed E-state index contributed by atoms with van der Waals surface area (Å²) in [7, 11) is 0. The van der Waals surface area contributed by atoms with Crippen LogP contribution in [0.15, 0.2) is 59.4 Å². The summed E-state index contributed by atoms with van der Waals surface area (Å²) in [5.41, 5.74) is -3.05. The van der Waals surface area contributed by atoms with Gasteiger partial charge >= 0.3 is 0 Å². The van der Waals surface area contributed by atoms with Crippen LogP contribution in [0.4, 0.5) is 5.69 Å². The zero-order valence-electron chi connectivity index (χ0n) is 21.2. The van der Waals surface area contributed by atoms with E-state index in [0.717, 1.165) is 0 Å². The number of hydrogen-bond acceptors (Lipinski definition) is 7. The molecule has 37 heavy (non-hydrogen) atoms. The van der Waals surface area contributed by atoms with E-state index in [9.17, 15) is 24.6 Å². The van der Waals surface area contributed by atoms with Crippen molar-refractivity contribution in [1.29, 1.82) is 0 Å². The monoisotopic (exact) mass is 505 g/mol. The highest BCUT2D eigenvalue weighted by Gasteiger charge is 2.52. The molecule has 2 aliphatic heterocycles. The first-order valence-electron chi connectivity index (χ1n) is 12.3. The van der Waals surface area contributed by atoms with Gasteiger partial charge in [0.2, 0.25) is 11.8 Å². The van der Waals surface area contributed by atoms with Crippen molar-refractivity contribution in [2.45, 2.75) is 63.7 Å². The van der Waals surface area contributed by atoms with Crippen LogP contribution in [-0.4, -0.2) is 49.4 Å². The van der Waals surface area contributed by atoms with Gasteiger partial charge in [-0.25, -0.2) is 4.98 Å². The Morgan fingerprint density at radius 3 is 2.41 bits per heavy atom. The average molecular weight is 506 g/mol. The molecule has 1 fully saturated rings. The Kier molecular flexibility index (Phi) is 5.93. The van der Waals surface area contributed by atoms with Crippen molar-refractivity contribution in [2.24, 2.45) is 5.92 Å². The number of anilines is 1. The molecule has 0 unspecified atom stereocenters. The van der Waals surface area contributed by atoms with E-state index < -0.39 is 41.0 Å². The predicted octanol–water partition coefficient (Wildman–Crippen LogP) is 1.36. The van der Waals surface area contributed by atoms with E-state index in [1.54, 1.807) is 48.5 Å². The van der Waals surface area contributed by atoms with Gasteiger partial charge in [-0.1, -0.05) is 44.2 Å². The average Bonchev–Trinajstić information content (AvgIpc) is 3.20. The van der Waals surface area contributed by atoms with Gasteiger partial charge in [0.25, 0.3) is 5.56 Å². The summed E-state index contributed by atoms with van der Waals surface area (Å²) in [5, 5.41) is 28.9. The number of benzene rings is 2. The van der Waals surface area contributed by atoms with Crippen LogP contribution < -0.4 is 21.1 Å². The lowest BCUT2D eigenvalue weighted by molar-refractivity contribution is -0.139. The van der Waals surface area contributed by atoms with E-state index in [2.05, 4.69) is 15.6 Å². The van der Waals surface area contributed by atoms with Gasteiger partial charge in [-0.3, -0.25) is 29.2 Å². The second-order valence-electron chi connectivity index (χ2n) is 10.6. The molecule has 0 aliphatic carbocycles. The fraction of sp³-hybridized carbons (Fsp3) is 0.407. The number of para-hydroxylation sites is 2. The van der Waals surface area contributed by atoms with Crippen LogP contribution in [0.1, 0.15) is 46.0 Å². The van der Waals surface area contributed by atoms with Crippen LogP contribution >= 0.6 is 0 Å². The molecule has 4 N–H and O–H groups in total. The maximum Gasteiger partial charge on any atom is 0.262 e. The normalized spacial score (nSPS) is 27.3. The number of rotatable bonds is 5. The minimum Gasteiger partial charge on any atom is -0.386 e. The number of aliphatic hydroxyl groups is 2. The molecule has 0 saturated carbocycles. The zero-order chi connectivity index (χ0) is 26.7. The minimum atomic E-state index is -1.89. The van der Waals surface area contributed by atoms with E-state index in [4.69, 9.17) is 0 Å². The van der Waals surface area contributed by atoms with Crippen molar-refractivity contribution in [3.63, 3.8) is 0 Å². The Labute approximate surface area is 213 Å². The summed E-state index contributed by atoms with van der Waals surface area (Å²) >= 11 is 0. The standard InChI is InChI=1S/C27H31N5O5/c1-15(2)20-23(35)31(16-10-6-5-7-11-16)24(29-20)26(3,36)14-19-21(33)30-27(4,37)25-28-18-13-9-8-12-17(18)22(34)32(19)25/h5-13,15,19-20,24,29,36-37H,14H2,1-4H3,(H,30,33)/t19-,20+,24-,26+,27+/m1/s1. The Balaban J connectivity index is 1.60. The number of aromatic nitrogens is 2. The smallest absolute Gasteiger partial charge is 0.262 e. The first-order valence-corrected chi connectivity index (χ1v) is 12.3. The number of fused-ring (bicyclic) bond motifs is 2. The molecule has 10 heteroatoms.